The van der Waals surface area contributed by atoms with Gasteiger partial charge in [-0.05, 0) is 30.2 Å². The molecule has 1 aromatic rings. The Balaban J connectivity index is 0.00000338. The molecule has 26 heavy (non-hydrogen) atoms. The predicted octanol–water partition coefficient (Wildman–Crippen LogP) is -0.00170. The summed E-state index contributed by atoms with van der Waals surface area (Å²) < 4.78 is 84.8. The van der Waals surface area contributed by atoms with Gasteiger partial charge in [-0.25, -0.2) is 0 Å². The number of carboxylic acid groups (broad SMARTS) is 1. The number of rotatable bonds is 4. The van der Waals surface area contributed by atoms with Crippen molar-refractivity contribution >= 4 is 12.0 Å². The van der Waals surface area contributed by atoms with Crippen molar-refractivity contribution in [1.82, 2.24) is 0 Å². The van der Waals surface area contributed by atoms with Crippen molar-refractivity contribution in [2.24, 2.45) is 0 Å². The average Bonchev–Trinajstić information content (AvgIpc) is 2.43. The Bertz CT molecular complexity index is 711. The van der Waals surface area contributed by atoms with Crippen LogP contribution in [0.5, 0.6) is 11.5 Å². The molecule has 138 valence electrons. The van der Waals surface area contributed by atoms with Gasteiger partial charge >= 0.3 is 42.1 Å². The zero-order valence-corrected chi connectivity index (χ0v) is 15.6. The van der Waals surface area contributed by atoms with E-state index in [0.29, 0.717) is 12.5 Å². The quantitative estimate of drug-likeness (QED) is 0.535. The van der Waals surface area contributed by atoms with E-state index < -0.39 is 35.9 Å². The number of hydrogen-bond donors (Lipinski definition) is 0. The summed E-state index contributed by atoms with van der Waals surface area (Å²) in [6.45, 7) is 1.66. The van der Waals surface area contributed by atoms with Gasteiger partial charge in [0.25, 0.3) is 0 Å². The van der Waals surface area contributed by atoms with E-state index in [1.54, 1.807) is 6.92 Å². The van der Waals surface area contributed by atoms with E-state index in [2.05, 4.69) is 4.74 Å². The summed E-state index contributed by atoms with van der Waals surface area (Å²) in [6, 6.07) is 1.68. The zero-order valence-electron chi connectivity index (χ0n) is 13.6. The SMILES string of the molecule is CCCc1cc(OC(F)(F)F)cc2c1O[C@H](C(F)(F)F)C(C(=O)[O-])=C2.[Na+]. The van der Waals surface area contributed by atoms with Gasteiger partial charge in [-0.1, -0.05) is 13.3 Å². The van der Waals surface area contributed by atoms with E-state index in [1.165, 1.54) is 0 Å². The molecule has 1 aliphatic heterocycles. The maximum Gasteiger partial charge on any atom is 1.00 e. The van der Waals surface area contributed by atoms with Gasteiger partial charge in [-0.3, -0.25) is 0 Å². The van der Waals surface area contributed by atoms with Crippen LogP contribution in [0.4, 0.5) is 26.3 Å². The minimum absolute atomic E-state index is 0. The molecule has 0 aromatic heterocycles. The van der Waals surface area contributed by atoms with Crippen LogP contribution in [0.2, 0.25) is 0 Å². The molecule has 0 bridgehead atoms. The fraction of sp³-hybridized carbons (Fsp3) is 0.400. The monoisotopic (exact) mass is 392 g/mol. The second-order valence-corrected chi connectivity index (χ2v) is 5.23. The third-order valence-corrected chi connectivity index (χ3v) is 3.28. The first-order valence-corrected chi connectivity index (χ1v) is 7.01. The first-order valence-electron chi connectivity index (χ1n) is 7.01. The number of aliphatic carboxylic acids is 1. The van der Waals surface area contributed by atoms with Crippen molar-refractivity contribution in [3.8, 4) is 11.5 Å². The number of alkyl halides is 6. The topological polar surface area (TPSA) is 58.6 Å². The summed E-state index contributed by atoms with van der Waals surface area (Å²) in [5, 5.41) is 11.0. The number of ether oxygens (including phenoxy) is 2. The van der Waals surface area contributed by atoms with Gasteiger partial charge in [0.2, 0.25) is 6.10 Å². The second kappa shape index (κ2) is 8.10. The van der Waals surface area contributed by atoms with Crippen LogP contribution in [0.3, 0.4) is 0 Å². The first-order chi connectivity index (χ1) is 11.4. The van der Waals surface area contributed by atoms with Crippen molar-refractivity contribution < 1.29 is 75.3 Å². The van der Waals surface area contributed by atoms with Gasteiger partial charge in [0.05, 0.1) is 5.97 Å². The molecule has 1 aromatic carbocycles. The molecule has 1 atom stereocenters. The summed E-state index contributed by atoms with van der Waals surface area (Å²) in [7, 11) is 0. The Labute approximate surface area is 166 Å². The van der Waals surface area contributed by atoms with Crippen LogP contribution in [0.25, 0.3) is 6.08 Å². The van der Waals surface area contributed by atoms with Crippen LogP contribution in [0, 0.1) is 0 Å². The molecule has 0 amide bonds. The molecule has 1 heterocycles. The Morgan fingerprint density at radius 1 is 1.23 bits per heavy atom. The molecule has 1 aliphatic rings. The largest absolute Gasteiger partial charge is 1.00 e. The van der Waals surface area contributed by atoms with Gasteiger partial charge < -0.3 is 19.4 Å². The zero-order chi connectivity index (χ0) is 19.0. The van der Waals surface area contributed by atoms with Gasteiger partial charge in [0.1, 0.15) is 11.5 Å². The van der Waals surface area contributed by atoms with Crippen molar-refractivity contribution in [1.29, 1.82) is 0 Å². The third-order valence-electron chi connectivity index (χ3n) is 3.28. The fourth-order valence-corrected chi connectivity index (χ4v) is 2.42. The molecule has 2 rings (SSSR count). The van der Waals surface area contributed by atoms with Crippen LogP contribution in [-0.4, -0.2) is 24.6 Å². The smallest absolute Gasteiger partial charge is 0.545 e. The first kappa shape index (κ1) is 22.7. The Morgan fingerprint density at radius 2 is 1.85 bits per heavy atom. The second-order valence-electron chi connectivity index (χ2n) is 5.23. The molecule has 0 N–H and O–H groups in total. The molecular weight excluding hydrogens is 381 g/mol. The number of hydrogen-bond acceptors (Lipinski definition) is 4. The maximum atomic E-state index is 13.0. The molecule has 0 unspecified atom stereocenters. The average molecular weight is 392 g/mol. The molecule has 0 radical (unpaired) electrons. The van der Waals surface area contributed by atoms with Gasteiger partial charge in [-0.15, -0.1) is 13.2 Å². The molecule has 0 fully saturated rings. The number of fused-ring (bicyclic) bond motifs is 1. The Hall–Kier alpha value is -1.39. The van der Waals surface area contributed by atoms with Crippen LogP contribution >= 0.6 is 0 Å². The summed E-state index contributed by atoms with van der Waals surface area (Å²) in [6.07, 6.45) is -11.7. The number of benzene rings is 1. The minimum Gasteiger partial charge on any atom is -0.545 e. The van der Waals surface area contributed by atoms with Crippen molar-refractivity contribution in [3.63, 3.8) is 0 Å². The number of carbonyl (C=O) groups is 1. The van der Waals surface area contributed by atoms with E-state index in [4.69, 9.17) is 4.74 Å². The molecule has 0 aliphatic carbocycles. The number of halogens is 6. The number of carboxylic acids is 1. The third kappa shape index (κ3) is 5.31. The van der Waals surface area contributed by atoms with Gasteiger partial charge in [0.15, 0.2) is 0 Å². The Morgan fingerprint density at radius 3 is 2.31 bits per heavy atom. The number of aryl methyl sites for hydroxylation is 1. The summed E-state index contributed by atoms with van der Waals surface area (Å²) >= 11 is 0. The molecular formula is C15H11F6NaO4. The number of carbonyl (C=O) groups excluding carboxylic acids is 1. The standard InChI is InChI=1S/C15H12F6O4.Na/c1-2-3-7-4-9(25-15(19,20)21)5-8-6-10(13(22)23)12(14(16,17)18)24-11(7)8;/h4-6,12H,2-3H2,1H3,(H,22,23);/q;+1/p-1/t12-;/m0./s1. The van der Waals surface area contributed by atoms with E-state index in [0.717, 1.165) is 12.1 Å². The molecule has 0 saturated carbocycles. The summed E-state index contributed by atoms with van der Waals surface area (Å²) in [5.41, 5.74) is -1.45. The van der Waals surface area contributed by atoms with Crippen molar-refractivity contribution in [3.05, 3.63) is 28.8 Å². The van der Waals surface area contributed by atoms with E-state index in [1.807, 2.05) is 0 Å². The molecule has 0 spiro atoms. The van der Waals surface area contributed by atoms with Crippen LogP contribution in [0.1, 0.15) is 24.5 Å². The van der Waals surface area contributed by atoms with Crippen molar-refractivity contribution in [2.75, 3.05) is 0 Å². The van der Waals surface area contributed by atoms with E-state index in [9.17, 15) is 36.2 Å². The maximum absolute atomic E-state index is 13.0. The minimum atomic E-state index is -5.03. The van der Waals surface area contributed by atoms with Crippen LogP contribution in [-0.2, 0) is 11.2 Å². The normalized spacial score (nSPS) is 16.7. The van der Waals surface area contributed by atoms with E-state index >= 15 is 0 Å². The summed E-state index contributed by atoms with van der Waals surface area (Å²) in [5.74, 6) is -3.14. The molecule has 4 nitrogen and oxygen atoms in total. The van der Waals surface area contributed by atoms with Gasteiger partial charge in [-0.2, -0.15) is 13.2 Å². The van der Waals surface area contributed by atoms with Crippen LogP contribution < -0.4 is 44.1 Å². The summed E-state index contributed by atoms with van der Waals surface area (Å²) in [4.78, 5) is 11.0. The molecule has 0 saturated heterocycles. The van der Waals surface area contributed by atoms with Crippen LogP contribution in [0.15, 0.2) is 17.7 Å². The van der Waals surface area contributed by atoms with Crippen molar-refractivity contribution in [2.45, 2.75) is 38.4 Å². The molecule has 11 heteroatoms. The van der Waals surface area contributed by atoms with Gasteiger partial charge in [0, 0.05) is 11.1 Å². The Kier molecular flexibility index (Phi) is 7.05. The predicted molar refractivity (Wildman–Crippen MR) is 70.6 cm³/mol. The van der Waals surface area contributed by atoms with E-state index in [-0.39, 0.29) is 52.9 Å². The fourth-order valence-electron chi connectivity index (χ4n) is 2.42.